The van der Waals surface area contributed by atoms with E-state index in [1.807, 2.05) is 0 Å². The number of nitrogens with zero attached hydrogens (tertiary/aromatic N) is 2. The molecule has 8 heteroatoms. The predicted octanol–water partition coefficient (Wildman–Crippen LogP) is 3.07. The Bertz CT molecular complexity index is 972. The molecule has 1 aliphatic rings. The Balaban J connectivity index is 1.67. The van der Waals surface area contributed by atoms with Crippen LogP contribution in [0.25, 0.3) is 22.3 Å². The summed E-state index contributed by atoms with van der Waals surface area (Å²) in [6.45, 7) is 0. The Kier molecular flexibility index (Phi) is 3.60. The fraction of sp³-hybridized carbons (Fsp3) is 0.235. The molecule has 2 heterocycles. The molecule has 2 N–H and O–H groups in total. The highest BCUT2D eigenvalue weighted by Gasteiger charge is 2.43. The number of hydrogen-bond donors (Lipinski definition) is 2. The minimum Gasteiger partial charge on any atom is -0.496 e. The molecule has 2 atom stereocenters. The molecule has 1 amide bonds. The van der Waals surface area contributed by atoms with Crippen molar-refractivity contribution in [2.75, 3.05) is 12.4 Å². The molecule has 2 aromatic heterocycles. The van der Waals surface area contributed by atoms with Gasteiger partial charge in [-0.05, 0) is 30.7 Å². The van der Waals surface area contributed by atoms with Gasteiger partial charge in [-0.3, -0.25) is 9.89 Å². The van der Waals surface area contributed by atoms with E-state index in [1.165, 1.54) is 19.2 Å². The minimum absolute atomic E-state index is 0.257. The maximum absolute atomic E-state index is 13.4. The highest BCUT2D eigenvalue weighted by atomic mass is 19.1. The molecule has 3 aromatic rings. The van der Waals surface area contributed by atoms with Crippen LogP contribution in [0.15, 0.2) is 30.3 Å². The molecule has 1 saturated carbocycles. The van der Waals surface area contributed by atoms with Crippen molar-refractivity contribution in [1.82, 2.24) is 15.2 Å². The van der Waals surface area contributed by atoms with Crippen LogP contribution in [0.4, 0.5) is 14.6 Å². The van der Waals surface area contributed by atoms with E-state index < -0.39 is 17.9 Å². The van der Waals surface area contributed by atoms with Gasteiger partial charge in [-0.25, -0.2) is 13.8 Å². The lowest BCUT2D eigenvalue weighted by atomic mass is 10.1. The molecule has 0 bridgehead atoms. The first-order chi connectivity index (χ1) is 12.1. The number of carbonyl (C=O) groups excluding carboxylic acids is 1. The average Bonchev–Trinajstić information content (AvgIpc) is 3.20. The van der Waals surface area contributed by atoms with Crippen molar-refractivity contribution < 1.29 is 18.3 Å². The smallest absolute Gasteiger partial charge is 0.231 e. The third kappa shape index (κ3) is 2.79. The van der Waals surface area contributed by atoms with Gasteiger partial charge in [0.1, 0.15) is 29.3 Å². The van der Waals surface area contributed by atoms with Crippen LogP contribution in [0.3, 0.4) is 0 Å². The fourth-order valence-electron chi connectivity index (χ4n) is 2.69. The number of halogens is 2. The van der Waals surface area contributed by atoms with Crippen molar-refractivity contribution in [2.24, 2.45) is 5.92 Å². The zero-order valence-corrected chi connectivity index (χ0v) is 13.2. The van der Waals surface area contributed by atoms with E-state index in [0.29, 0.717) is 33.9 Å². The Hall–Kier alpha value is -3.03. The van der Waals surface area contributed by atoms with E-state index >= 15 is 0 Å². The van der Waals surface area contributed by atoms with Crippen molar-refractivity contribution in [3.05, 3.63) is 36.1 Å². The third-order valence-corrected chi connectivity index (χ3v) is 4.14. The number of benzene rings is 1. The SMILES string of the molecule is COc1cc(F)ccc1-c1n[nH]c2nc(NC(=O)[C@@H]3C[C@@H]3F)ccc12. The summed E-state index contributed by atoms with van der Waals surface area (Å²) in [5, 5.41) is 10.3. The number of nitrogens with one attached hydrogen (secondary N) is 2. The van der Waals surface area contributed by atoms with Gasteiger partial charge in [-0.2, -0.15) is 5.10 Å². The molecule has 0 aliphatic heterocycles. The zero-order chi connectivity index (χ0) is 17.6. The minimum atomic E-state index is -1.06. The number of pyridine rings is 1. The van der Waals surface area contributed by atoms with Crippen LogP contribution in [0.2, 0.25) is 0 Å². The van der Waals surface area contributed by atoms with E-state index in [0.717, 1.165) is 0 Å². The van der Waals surface area contributed by atoms with Gasteiger partial charge >= 0.3 is 0 Å². The molecule has 6 nitrogen and oxygen atoms in total. The first-order valence-electron chi connectivity index (χ1n) is 7.71. The maximum atomic E-state index is 13.4. The van der Waals surface area contributed by atoms with Gasteiger partial charge in [-0.15, -0.1) is 0 Å². The van der Waals surface area contributed by atoms with Crippen LogP contribution < -0.4 is 10.1 Å². The number of hydrogen-bond acceptors (Lipinski definition) is 4. The molecule has 1 fully saturated rings. The molecule has 1 aromatic carbocycles. The number of fused-ring (bicyclic) bond motifs is 1. The summed E-state index contributed by atoms with van der Waals surface area (Å²) >= 11 is 0. The number of H-pyrrole nitrogens is 1. The van der Waals surface area contributed by atoms with Crippen LogP contribution >= 0.6 is 0 Å². The molecule has 0 radical (unpaired) electrons. The number of aromatic amines is 1. The second kappa shape index (κ2) is 5.80. The van der Waals surface area contributed by atoms with Gasteiger partial charge in [0, 0.05) is 17.0 Å². The summed E-state index contributed by atoms with van der Waals surface area (Å²) in [6, 6.07) is 7.53. The van der Waals surface area contributed by atoms with Gasteiger partial charge in [0.2, 0.25) is 5.91 Å². The quantitative estimate of drug-likeness (QED) is 0.762. The summed E-state index contributed by atoms with van der Waals surface area (Å²) < 4.78 is 31.5. The van der Waals surface area contributed by atoms with Crippen molar-refractivity contribution >= 4 is 22.8 Å². The van der Waals surface area contributed by atoms with E-state index in [4.69, 9.17) is 4.74 Å². The topological polar surface area (TPSA) is 79.9 Å². The second-order valence-electron chi connectivity index (χ2n) is 5.86. The Morgan fingerprint density at radius 1 is 1.36 bits per heavy atom. The van der Waals surface area contributed by atoms with Crippen LogP contribution in [0.5, 0.6) is 5.75 Å². The van der Waals surface area contributed by atoms with Crippen LogP contribution in [0, 0.1) is 11.7 Å². The maximum Gasteiger partial charge on any atom is 0.231 e. The van der Waals surface area contributed by atoms with Gasteiger partial charge in [0.15, 0.2) is 5.65 Å². The highest BCUT2D eigenvalue weighted by Crippen LogP contribution is 2.36. The van der Waals surface area contributed by atoms with Crippen molar-refractivity contribution in [2.45, 2.75) is 12.6 Å². The van der Waals surface area contributed by atoms with Gasteiger partial charge in [0.25, 0.3) is 0 Å². The Labute approximate surface area is 141 Å². The molecular formula is C17H14F2N4O2. The zero-order valence-electron chi connectivity index (χ0n) is 13.2. The molecule has 25 heavy (non-hydrogen) atoms. The summed E-state index contributed by atoms with van der Waals surface area (Å²) in [5.74, 6) is -0.696. The summed E-state index contributed by atoms with van der Waals surface area (Å²) in [6.07, 6.45) is -0.805. The largest absolute Gasteiger partial charge is 0.496 e. The van der Waals surface area contributed by atoms with E-state index in [2.05, 4.69) is 20.5 Å². The third-order valence-electron chi connectivity index (χ3n) is 4.14. The average molecular weight is 344 g/mol. The van der Waals surface area contributed by atoms with E-state index in [-0.39, 0.29) is 12.3 Å². The van der Waals surface area contributed by atoms with Crippen molar-refractivity contribution in [3.63, 3.8) is 0 Å². The molecule has 1 aliphatic carbocycles. The Morgan fingerprint density at radius 2 is 2.16 bits per heavy atom. The number of rotatable bonds is 4. The van der Waals surface area contributed by atoms with Crippen LogP contribution in [-0.2, 0) is 4.79 Å². The number of anilines is 1. The lowest BCUT2D eigenvalue weighted by Crippen LogP contribution is -2.15. The number of ether oxygens (including phenoxy) is 1. The summed E-state index contributed by atoms with van der Waals surface area (Å²) in [4.78, 5) is 16.1. The standard InChI is InChI=1S/C17H14F2N4O2/c1-25-13-6-8(18)2-3-9(13)15-10-4-5-14(20-16(10)23-22-15)21-17(24)11-7-12(11)19/h2-6,11-12H,7H2,1H3,(H2,20,21,22,23,24)/t11-,12+/m1/s1. The molecule has 4 rings (SSSR count). The van der Waals surface area contributed by atoms with Crippen molar-refractivity contribution in [3.8, 4) is 17.0 Å². The number of aromatic nitrogens is 3. The lowest BCUT2D eigenvalue weighted by molar-refractivity contribution is -0.117. The monoisotopic (exact) mass is 344 g/mol. The molecule has 0 saturated heterocycles. The second-order valence-corrected chi connectivity index (χ2v) is 5.86. The van der Waals surface area contributed by atoms with E-state index in [1.54, 1.807) is 18.2 Å². The summed E-state index contributed by atoms with van der Waals surface area (Å²) in [5.41, 5.74) is 1.63. The normalized spacial score (nSPS) is 19.0. The highest BCUT2D eigenvalue weighted by molar-refractivity contribution is 5.97. The number of carbonyl (C=O) groups is 1. The predicted molar refractivity (Wildman–Crippen MR) is 87.5 cm³/mol. The number of amides is 1. The number of methoxy groups -OCH3 is 1. The first kappa shape index (κ1) is 15.5. The Morgan fingerprint density at radius 3 is 2.88 bits per heavy atom. The molecule has 0 spiro atoms. The first-order valence-corrected chi connectivity index (χ1v) is 7.71. The summed E-state index contributed by atoms with van der Waals surface area (Å²) in [7, 11) is 1.45. The van der Waals surface area contributed by atoms with Crippen LogP contribution in [-0.4, -0.2) is 34.4 Å². The van der Waals surface area contributed by atoms with Gasteiger partial charge in [0.05, 0.1) is 13.0 Å². The van der Waals surface area contributed by atoms with Crippen molar-refractivity contribution in [1.29, 1.82) is 0 Å². The molecule has 128 valence electrons. The van der Waals surface area contributed by atoms with Gasteiger partial charge in [-0.1, -0.05) is 0 Å². The van der Waals surface area contributed by atoms with E-state index in [9.17, 15) is 13.6 Å². The molecular weight excluding hydrogens is 330 g/mol. The lowest BCUT2D eigenvalue weighted by Gasteiger charge is -2.07. The number of alkyl halides is 1. The fourth-order valence-corrected chi connectivity index (χ4v) is 2.69. The van der Waals surface area contributed by atoms with Gasteiger partial charge < -0.3 is 10.1 Å². The van der Waals surface area contributed by atoms with Crippen LogP contribution in [0.1, 0.15) is 6.42 Å². The molecule has 0 unspecified atom stereocenters.